The quantitative estimate of drug-likeness (QED) is 0.735. The van der Waals surface area contributed by atoms with Gasteiger partial charge in [-0.15, -0.1) is 0 Å². The molecule has 158 valence electrons. The third-order valence-corrected chi connectivity index (χ3v) is 5.15. The van der Waals surface area contributed by atoms with Crippen molar-refractivity contribution in [3.63, 3.8) is 0 Å². The van der Waals surface area contributed by atoms with Crippen molar-refractivity contribution in [2.45, 2.75) is 52.0 Å². The summed E-state index contributed by atoms with van der Waals surface area (Å²) in [5, 5.41) is 3.16. The Morgan fingerprint density at radius 2 is 1.96 bits per heavy atom. The van der Waals surface area contributed by atoms with Crippen LogP contribution in [0.1, 0.15) is 33.3 Å². The predicted octanol–water partition coefficient (Wildman–Crippen LogP) is 2.04. The van der Waals surface area contributed by atoms with E-state index in [4.69, 9.17) is 4.74 Å². The molecule has 2 rings (SSSR count). The minimum Gasteiger partial charge on any atom is -0.373 e. The van der Waals surface area contributed by atoms with E-state index < -0.39 is 0 Å². The minimum absolute atomic E-state index is 0.0341. The molecule has 28 heavy (non-hydrogen) atoms. The Morgan fingerprint density at radius 3 is 2.54 bits per heavy atom. The average molecular weight is 392 g/mol. The van der Waals surface area contributed by atoms with E-state index in [2.05, 4.69) is 47.8 Å². The lowest BCUT2D eigenvalue weighted by Crippen LogP contribution is -2.59. The molecule has 1 N–H and O–H groups in total. The number of morpholine rings is 1. The van der Waals surface area contributed by atoms with Crippen LogP contribution >= 0.6 is 0 Å². The summed E-state index contributed by atoms with van der Waals surface area (Å²) in [6.45, 7) is 13.0. The van der Waals surface area contributed by atoms with E-state index in [1.165, 1.54) is 0 Å². The summed E-state index contributed by atoms with van der Waals surface area (Å²) in [7, 11) is 4.04. The molecule has 2 heterocycles. The van der Waals surface area contributed by atoms with Crippen LogP contribution in [-0.2, 0) is 11.3 Å². The largest absolute Gasteiger partial charge is 0.373 e. The molecule has 1 aliphatic heterocycles. The van der Waals surface area contributed by atoms with Gasteiger partial charge in [0.15, 0.2) is 0 Å². The standard InChI is InChI=1S/C21H37N5O2/c1-17-13-26(14-18(2)28-17)21(3,4)16-23-20(27)25(11-10-24(5)6)15-19-8-7-9-22-12-19/h7-9,12,17-18H,10-11,13-16H2,1-6H3,(H,23,27). The van der Waals surface area contributed by atoms with E-state index in [9.17, 15) is 4.79 Å². The molecular formula is C21H37N5O2. The zero-order valence-electron chi connectivity index (χ0n) is 18.3. The van der Waals surface area contributed by atoms with Gasteiger partial charge in [-0.25, -0.2) is 4.79 Å². The Balaban J connectivity index is 1.97. The zero-order chi connectivity index (χ0) is 20.7. The molecule has 1 aromatic rings. The van der Waals surface area contributed by atoms with Gasteiger partial charge in [0, 0.05) is 57.2 Å². The van der Waals surface area contributed by atoms with Crippen molar-refractivity contribution in [1.82, 2.24) is 25.0 Å². The third kappa shape index (κ3) is 7.04. The fraction of sp³-hybridized carbons (Fsp3) is 0.714. The van der Waals surface area contributed by atoms with Gasteiger partial charge in [-0.2, -0.15) is 0 Å². The highest BCUT2D eigenvalue weighted by atomic mass is 16.5. The molecule has 1 saturated heterocycles. The van der Waals surface area contributed by atoms with Gasteiger partial charge in [0.05, 0.1) is 12.2 Å². The fourth-order valence-corrected chi connectivity index (χ4v) is 3.47. The highest BCUT2D eigenvalue weighted by molar-refractivity contribution is 5.74. The lowest BCUT2D eigenvalue weighted by Gasteiger charge is -2.45. The number of amides is 2. The van der Waals surface area contributed by atoms with Crippen molar-refractivity contribution in [3.8, 4) is 0 Å². The second-order valence-corrected chi connectivity index (χ2v) is 8.72. The Kier molecular flexibility index (Phi) is 8.22. The van der Waals surface area contributed by atoms with Gasteiger partial charge in [-0.05, 0) is 53.4 Å². The molecule has 7 heteroatoms. The Labute approximate surface area is 170 Å². The van der Waals surface area contributed by atoms with Crippen LogP contribution < -0.4 is 5.32 Å². The first-order valence-corrected chi connectivity index (χ1v) is 10.1. The van der Waals surface area contributed by atoms with E-state index in [1.54, 1.807) is 6.20 Å². The Bertz CT molecular complexity index is 598. The summed E-state index contributed by atoms with van der Waals surface area (Å²) in [6.07, 6.45) is 3.98. The van der Waals surface area contributed by atoms with E-state index in [-0.39, 0.29) is 23.8 Å². The average Bonchev–Trinajstić information content (AvgIpc) is 2.63. The number of carbonyl (C=O) groups excluding carboxylic acids is 1. The maximum atomic E-state index is 13.0. The first-order chi connectivity index (χ1) is 13.2. The lowest BCUT2D eigenvalue weighted by molar-refractivity contribution is -0.0948. The molecule has 1 aromatic heterocycles. The minimum atomic E-state index is -0.135. The van der Waals surface area contributed by atoms with Crippen LogP contribution in [0, 0.1) is 0 Å². The number of urea groups is 1. The van der Waals surface area contributed by atoms with Crippen LogP contribution in [-0.4, -0.2) is 90.3 Å². The van der Waals surface area contributed by atoms with Gasteiger partial charge in [0.25, 0.3) is 0 Å². The van der Waals surface area contributed by atoms with Crippen molar-refractivity contribution >= 4 is 6.03 Å². The van der Waals surface area contributed by atoms with Gasteiger partial charge >= 0.3 is 6.03 Å². The molecule has 2 unspecified atom stereocenters. The van der Waals surface area contributed by atoms with E-state index in [1.807, 2.05) is 37.3 Å². The summed E-state index contributed by atoms with van der Waals surface area (Å²) in [6, 6.07) is 3.87. The van der Waals surface area contributed by atoms with Gasteiger partial charge in [-0.1, -0.05) is 6.07 Å². The highest BCUT2D eigenvalue weighted by Crippen LogP contribution is 2.20. The fourth-order valence-electron chi connectivity index (χ4n) is 3.47. The van der Waals surface area contributed by atoms with Gasteiger partial charge in [-0.3, -0.25) is 9.88 Å². The predicted molar refractivity (Wildman–Crippen MR) is 112 cm³/mol. The molecule has 0 radical (unpaired) electrons. The molecule has 1 aliphatic rings. The highest BCUT2D eigenvalue weighted by Gasteiger charge is 2.33. The molecule has 1 fully saturated rings. The summed E-state index contributed by atoms with van der Waals surface area (Å²) in [5.41, 5.74) is 0.898. The number of nitrogens with zero attached hydrogens (tertiary/aromatic N) is 4. The second-order valence-electron chi connectivity index (χ2n) is 8.72. The smallest absolute Gasteiger partial charge is 0.317 e. The monoisotopic (exact) mass is 391 g/mol. The van der Waals surface area contributed by atoms with Gasteiger partial charge < -0.3 is 19.9 Å². The van der Waals surface area contributed by atoms with Crippen molar-refractivity contribution in [3.05, 3.63) is 30.1 Å². The first-order valence-electron chi connectivity index (χ1n) is 10.1. The number of hydrogen-bond donors (Lipinski definition) is 1. The topological polar surface area (TPSA) is 60.9 Å². The molecule has 2 atom stereocenters. The molecular weight excluding hydrogens is 354 g/mol. The summed E-state index contributed by atoms with van der Waals surface area (Å²) in [4.78, 5) is 23.5. The van der Waals surface area contributed by atoms with Crippen LogP contribution in [0.4, 0.5) is 4.79 Å². The number of carbonyl (C=O) groups is 1. The van der Waals surface area contributed by atoms with Gasteiger partial charge in [0.2, 0.25) is 0 Å². The SMILES string of the molecule is CC1CN(C(C)(C)CNC(=O)N(CCN(C)C)Cc2cccnc2)CC(C)O1. The maximum Gasteiger partial charge on any atom is 0.317 e. The Morgan fingerprint density at radius 1 is 1.29 bits per heavy atom. The van der Waals surface area contributed by atoms with Crippen LogP contribution in [0.15, 0.2) is 24.5 Å². The molecule has 0 spiro atoms. The normalized spacial score (nSPS) is 21.0. The number of likely N-dealkylation sites (N-methyl/N-ethyl adjacent to an activating group) is 1. The molecule has 0 aliphatic carbocycles. The zero-order valence-corrected chi connectivity index (χ0v) is 18.3. The second kappa shape index (κ2) is 10.2. The molecule has 0 bridgehead atoms. The number of nitrogens with one attached hydrogen (secondary N) is 1. The van der Waals surface area contributed by atoms with E-state index in [0.717, 1.165) is 25.2 Å². The summed E-state index contributed by atoms with van der Waals surface area (Å²) in [5.74, 6) is 0. The molecule has 0 saturated carbocycles. The van der Waals surface area contributed by atoms with Crippen molar-refractivity contribution < 1.29 is 9.53 Å². The number of hydrogen-bond acceptors (Lipinski definition) is 5. The maximum absolute atomic E-state index is 13.0. The van der Waals surface area contributed by atoms with Crippen molar-refractivity contribution in [2.24, 2.45) is 0 Å². The molecule has 2 amide bonds. The van der Waals surface area contributed by atoms with Crippen LogP contribution in [0.25, 0.3) is 0 Å². The number of pyridine rings is 1. The van der Waals surface area contributed by atoms with Crippen LogP contribution in [0.5, 0.6) is 0 Å². The van der Waals surface area contributed by atoms with Crippen LogP contribution in [0.2, 0.25) is 0 Å². The van der Waals surface area contributed by atoms with Crippen LogP contribution in [0.3, 0.4) is 0 Å². The first kappa shape index (κ1) is 22.6. The molecule has 0 aromatic carbocycles. The van der Waals surface area contributed by atoms with E-state index >= 15 is 0 Å². The van der Waals surface area contributed by atoms with E-state index in [0.29, 0.717) is 19.6 Å². The molecule has 7 nitrogen and oxygen atoms in total. The van der Waals surface area contributed by atoms with Crippen molar-refractivity contribution in [1.29, 1.82) is 0 Å². The Hall–Kier alpha value is -1.70. The lowest BCUT2D eigenvalue weighted by atomic mass is 10.00. The third-order valence-electron chi connectivity index (χ3n) is 5.15. The number of rotatable bonds is 8. The summed E-state index contributed by atoms with van der Waals surface area (Å²) < 4.78 is 5.85. The van der Waals surface area contributed by atoms with Gasteiger partial charge in [0.1, 0.15) is 0 Å². The number of ether oxygens (including phenoxy) is 1. The summed E-state index contributed by atoms with van der Waals surface area (Å²) >= 11 is 0. The number of aromatic nitrogens is 1. The van der Waals surface area contributed by atoms with Crippen molar-refractivity contribution in [2.75, 3.05) is 46.8 Å².